The monoisotopic (exact) mass is 292 g/mol. The number of hydrogen-bond donors (Lipinski definition) is 0. The molecule has 0 atom stereocenters. The highest BCUT2D eigenvalue weighted by atomic mass is 32.2. The number of carbonyl (C=O) groups excluding carboxylic acids is 1. The van der Waals surface area contributed by atoms with Crippen molar-refractivity contribution in [3.63, 3.8) is 0 Å². The van der Waals surface area contributed by atoms with Crippen molar-refractivity contribution in [1.29, 1.82) is 0 Å². The number of benzene rings is 1. The first-order valence-electron chi connectivity index (χ1n) is 5.36. The topological polar surface area (TPSA) is 60.4 Å². The van der Waals surface area contributed by atoms with E-state index in [0.717, 1.165) is 19.2 Å². The van der Waals surface area contributed by atoms with Crippen molar-refractivity contribution >= 4 is 15.8 Å². The molecule has 0 saturated carbocycles. The van der Waals surface area contributed by atoms with Crippen molar-refractivity contribution in [3.8, 4) is 0 Å². The van der Waals surface area contributed by atoms with Crippen LogP contribution in [-0.4, -0.2) is 27.2 Å². The van der Waals surface area contributed by atoms with Crippen LogP contribution in [0.15, 0.2) is 23.1 Å². The van der Waals surface area contributed by atoms with E-state index in [1.807, 2.05) is 0 Å². The molecule has 0 aliphatic rings. The van der Waals surface area contributed by atoms with Crippen LogP contribution in [0.1, 0.15) is 13.8 Å². The molecule has 0 unspecified atom stereocenters. The van der Waals surface area contributed by atoms with Crippen molar-refractivity contribution in [2.75, 3.05) is 12.9 Å². The van der Waals surface area contributed by atoms with E-state index in [1.54, 1.807) is 0 Å². The molecule has 19 heavy (non-hydrogen) atoms. The maximum Gasteiger partial charge on any atom is 0.312 e. The minimum Gasteiger partial charge on any atom is -0.469 e. The Morgan fingerprint density at radius 3 is 2.37 bits per heavy atom. The van der Waals surface area contributed by atoms with Crippen LogP contribution in [-0.2, 0) is 19.4 Å². The lowest BCUT2D eigenvalue weighted by Gasteiger charge is -2.21. The summed E-state index contributed by atoms with van der Waals surface area (Å²) >= 11 is 0. The van der Waals surface area contributed by atoms with Gasteiger partial charge in [-0.1, -0.05) is 0 Å². The fourth-order valence-corrected chi connectivity index (χ4v) is 3.47. The average molecular weight is 292 g/mol. The van der Waals surface area contributed by atoms with Crippen LogP contribution in [0.3, 0.4) is 0 Å². The Morgan fingerprint density at radius 1 is 1.32 bits per heavy atom. The van der Waals surface area contributed by atoms with E-state index >= 15 is 0 Å². The lowest BCUT2D eigenvalue weighted by molar-refractivity contribution is -0.149. The summed E-state index contributed by atoms with van der Waals surface area (Å²) in [7, 11) is -2.93. The number of ether oxygens (including phenoxy) is 1. The van der Waals surface area contributed by atoms with Crippen molar-refractivity contribution in [1.82, 2.24) is 0 Å². The molecule has 0 heterocycles. The summed E-state index contributed by atoms with van der Waals surface area (Å²) in [5.74, 6) is -3.40. The van der Waals surface area contributed by atoms with Gasteiger partial charge in [-0.05, 0) is 26.0 Å². The van der Waals surface area contributed by atoms with Gasteiger partial charge in [-0.15, -0.1) is 0 Å². The van der Waals surface area contributed by atoms with Gasteiger partial charge in [-0.25, -0.2) is 17.2 Å². The van der Waals surface area contributed by atoms with Gasteiger partial charge < -0.3 is 4.74 Å². The predicted molar refractivity (Wildman–Crippen MR) is 64.2 cm³/mol. The number of rotatable bonds is 4. The van der Waals surface area contributed by atoms with Crippen molar-refractivity contribution < 1.29 is 26.7 Å². The first-order chi connectivity index (χ1) is 8.60. The molecule has 1 rings (SSSR count). The van der Waals surface area contributed by atoms with Crippen LogP contribution in [0, 0.1) is 17.0 Å². The third kappa shape index (κ3) is 3.50. The maximum atomic E-state index is 13.5. The van der Waals surface area contributed by atoms with E-state index in [0.29, 0.717) is 6.07 Å². The van der Waals surface area contributed by atoms with Crippen molar-refractivity contribution in [3.05, 3.63) is 29.8 Å². The Labute approximate surface area is 110 Å². The summed E-state index contributed by atoms with van der Waals surface area (Å²) in [5, 5.41) is 0. The number of sulfone groups is 1. The van der Waals surface area contributed by atoms with Gasteiger partial charge in [-0.3, -0.25) is 4.79 Å². The highest BCUT2D eigenvalue weighted by Crippen LogP contribution is 2.25. The molecule has 7 heteroatoms. The zero-order valence-corrected chi connectivity index (χ0v) is 11.6. The largest absolute Gasteiger partial charge is 0.469 e. The van der Waals surface area contributed by atoms with Gasteiger partial charge in [0.1, 0.15) is 16.5 Å². The second-order valence-corrected chi connectivity index (χ2v) is 6.67. The molecule has 1 aromatic rings. The van der Waals surface area contributed by atoms with Gasteiger partial charge in [0.05, 0.1) is 18.3 Å². The van der Waals surface area contributed by atoms with Crippen LogP contribution in [0.5, 0.6) is 0 Å². The molecule has 0 aliphatic carbocycles. The first-order valence-corrected chi connectivity index (χ1v) is 7.01. The van der Waals surface area contributed by atoms with E-state index in [2.05, 4.69) is 4.74 Å². The molecule has 0 aromatic heterocycles. The summed E-state index contributed by atoms with van der Waals surface area (Å²) in [4.78, 5) is 10.8. The molecule has 1 aromatic carbocycles. The predicted octanol–water partition coefficient (Wildman–Crippen LogP) is 1.94. The summed E-state index contributed by atoms with van der Waals surface area (Å²) in [6.07, 6.45) is 0. The van der Waals surface area contributed by atoms with E-state index in [9.17, 15) is 22.0 Å². The molecule has 0 saturated heterocycles. The molecule has 0 spiro atoms. The van der Waals surface area contributed by atoms with Crippen molar-refractivity contribution in [2.45, 2.75) is 18.7 Å². The van der Waals surface area contributed by atoms with Gasteiger partial charge in [0.2, 0.25) is 0 Å². The first kappa shape index (κ1) is 15.6. The number of esters is 1. The fraction of sp³-hybridized carbons (Fsp3) is 0.417. The van der Waals surface area contributed by atoms with E-state index in [1.165, 1.54) is 13.8 Å². The molecule has 0 radical (unpaired) electrons. The summed E-state index contributed by atoms with van der Waals surface area (Å²) < 4.78 is 54.8. The lowest BCUT2D eigenvalue weighted by Crippen LogP contribution is -2.33. The van der Waals surface area contributed by atoms with E-state index in [-0.39, 0.29) is 0 Å². The molecule has 0 bridgehead atoms. The van der Waals surface area contributed by atoms with Gasteiger partial charge in [-0.2, -0.15) is 0 Å². The zero-order valence-electron chi connectivity index (χ0n) is 10.7. The van der Waals surface area contributed by atoms with Crippen molar-refractivity contribution in [2.24, 2.45) is 5.41 Å². The van der Waals surface area contributed by atoms with Gasteiger partial charge in [0.15, 0.2) is 9.84 Å². The van der Waals surface area contributed by atoms with E-state index < -0.39 is 43.5 Å². The van der Waals surface area contributed by atoms with E-state index in [4.69, 9.17) is 0 Å². The molecule has 0 fully saturated rings. The number of halogens is 2. The number of methoxy groups -OCH3 is 1. The summed E-state index contributed by atoms with van der Waals surface area (Å²) in [5.41, 5.74) is -1.32. The molecule has 0 N–H and O–H groups in total. The molecule has 0 amide bonds. The molecular weight excluding hydrogens is 278 g/mol. The van der Waals surface area contributed by atoms with Crippen LogP contribution in [0.4, 0.5) is 8.78 Å². The summed E-state index contributed by atoms with van der Waals surface area (Å²) in [6.45, 7) is 2.75. The quantitative estimate of drug-likeness (QED) is 0.628. The Balaban J connectivity index is 3.15. The minimum absolute atomic E-state index is 0.484. The Hall–Kier alpha value is -1.50. The third-order valence-electron chi connectivity index (χ3n) is 2.52. The highest BCUT2D eigenvalue weighted by molar-refractivity contribution is 7.91. The molecule has 106 valence electrons. The van der Waals surface area contributed by atoms with Gasteiger partial charge in [0.25, 0.3) is 0 Å². The maximum absolute atomic E-state index is 13.5. The normalized spacial score (nSPS) is 12.3. The fourth-order valence-electron chi connectivity index (χ4n) is 1.62. The standard InChI is InChI=1S/C12H14F2O4S/c1-12(2,11(15)18-3)7-19(16,17)10-5-4-8(13)6-9(10)14/h4-6H,7H2,1-3H3. The Morgan fingerprint density at radius 2 is 1.89 bits per heavy atom. The van der Waals surface area contributed by atoms with Crippen LogP contribution >= 0.6 is 0 Å². The Bertz CT molecular complexity index is 594. The van der Waals surface area contributed by atoms with Crippen LogP contribution in [0.2, 0.25) is 0 Å². The third-order valence-corrected chi connectivity index (χ3v) is 4.62. The summed E-state index contributed by atoms with van der Waals surface area (Å²) in [6, 6.07) is 2.17. The second-order valence-electron chi connectivity index (χ2n) is 4.71. The van der Waals surface area contributed by atoms with Crippen LogP contribution < -0.4 is 0 Å². The smallest absolute Gasteiger partial charge is 0.312 e. The molecule has 0 aliphatic heterocycles. The van der Waals surface area contributed by atoms with Crippen LogP contribution in [0.25, 0.3) is 0 Å². The molecule has 4 nitrogen and oxygen atoms in total. The SMILES string of the molecule is COC(=O)C(C)(C)CS(=O)(=O)c1ccc(F)cc1F. The molecular formula is C12H14F2O4S. The van der Waals surface area contributed by atoms with Gasteiger partial charge in [0, 0.05) is 6.07 Å². The highest BCUT2D eigenvalue weighted by Gasteiger charge is 2.36. The minimum atomic E-state index is -4.06. The number of hydrogen-bond acceptors (Lipinski definition) is 4. The average Bonchev–Trinajstić information content (AvgIpc) is 2.25. The lowest BCUT2D eigenvalue weighted by atomic mass is 9.97. The Kier molecular flexibility index (Phi) is 4.29. The number of carbonyl (C=O) groups is 1. The second kappa shape index (κ2) is 5.24. The zero-order chi connectivity index (χ0) is 14.8. The van der Waals surface area contributed by atoms with Gasteiger partial charge >= 0.3 is 5.97 Å².